The SMILES string of the molecule is C=CCN(CC=C)C(=O)CN1CCNCC1C(=O)NCC. The van der Waals surface area contributed by atoms with E-state index in [0.717, 1.165) is 6.54 Å². The maximum Gasteiger partial charge on any atom is 0.238 e. The van der Waals surface area contributed by atoms with Crippen LogP contribution < -0.4 is 10.6 Å². The lowest BCUT2D eigenvalue weighted by atomic mass is 10.1. The number of nitrogens with one attached hydrogen (secondary N) is 2. The smallest absolute Gasteiger partial charge is 0.238 e. The first-order valence-electron chi connectivity index (χ1n) is 7.36. The van der Waals surface area contributed by atoms with Gasteiger partial charge >= 0.3 is 0 Å². The second-order valence-corrected chi connectivity index (χ2v) is 4.96. The van der Waals surface area contributed by atoms with Crippen LogP contribution in [0.1, 0.15) is 6.92 Å². The van der Waals surface area contributed by atoms with Crippen LogP contribution in [0.25, 0.3) is 0 Å². The van der Waals surface area contributed by atoms with Gasteiger partial charge in [0.05, 0.1) is 6.54 Å². The standard InChI is InChI=1S/C15H26N4O2/c1-4-8-18(9-5-2)14(20)12-19-10-7-16-11-13(19)15(21)17-6-3/h4-5,13,16H,1-2,6-12H2,3H3,(H,17,21). The maximum atomic E-state index is 12.4. The molecule has 1 fully saturated rings. The highest BCUT2D eigenvalue weighted by Crippen LogP contribution is 2.05. The van der Waals surface area contributed by atoms with Crippen LogP contribution in [0.15, 0.2) is 25.3 Å². The van der Waals surface area contributed by atoms with Gasteiger partial charge in [-0.3, -0.25) is 14.5 Å². The van der Waals surface area contributed by atoms with Crippen LogP contribution in [0, 0.1) is 0 Å². The van der Waals surface area contributed by atoms with Crippen LogP contribution in [-0.2, 0) is 9.59 Å². The second kappa shape index (κ2) is 9.31. The molecule has 1 aliphatic heterocycles. The Hall–Kier alpha value is -1.66. The molecule has 1 saturated heterocycles. The van der Waals surface area contributed by atoms with Crippen molar-refractivity contribution in [3.8, 4) is 0 Å². The molecule has 0 saturated carbocycles. The molecule has 6 heteroatoms. The van der Waals surface area contributed by atoms with Crippen LogP contribution in [-0.4, -0.2) is 73.5 Å². The zero-order valence-electron chi connectivity index (χ0n) is 12.8. The number of carbonyl (C=O) groups excluding carboxylic acids is 2. The van der Waals surface area contributed by atoms with Gasteiger partial charge in [0.15, 0.2) is 0 Å². The molecule has 1 unspecified atom stereocenters. The van der Waals surface area contributed by atoms with Crippen molar-refractivity contribution in [1.29, 1.82) is 0 Å². The molecule has 0 aromatic carbocycles. The van der Waals surface area contributed by atoms with Crippen molar-refractivity contribution in [2.24, 2.45) is 0 Å². The summed E-state index contributed by atoms with van der Waals surface area (Å²) in [5.74, 6) is -0.0394. The molecular formula is C15H26N4O2. The Morgan fingerprint density at radius 1 is 1.38 bits per heavy atom. The summed E-state index contributed by atoms with van der Waals surface area (Å²) in [6.45, 7) is 13.1. The third-order valence-electron chi connectivity index (χ3n) is 3.40. The molecule has 1 rings (SSSR count). The van der Waals surface area contributed by atoms with E-state index in [9.17, 15) is 9.59 Å². The predicted octanol–water partition coefficient (Wildman–Crippen LogP) is -0.403. The van der Waals surface area contributed by atoms with Crippen molar-refractivity contribution in [2.45, 2.75) is 13.0 Å². The van der Waals surface area contributed by atoms with Gasteiger partial charge < -0.3 is 15.5 Å². The highest BCUT2D eigenvalue weighted by atomic mass is 16.2. The minimum Gasteiger partial charge on any atom is -0.355 e. The van der Waals surface area contributed by atoms with Gasteiger partial charge in [0, 0.05) is 39.3 Å². The van der Waals surface area contributed by atoms with Crippen molar-refractivity contribution >= 4 is 11.8 Å². The van der Waals surface area contributed by atoms with Crippen molar-refractivity contribution in [3.63, 3.8) is 0 Å². The van der Waals surface area contributed by atoms with E-state index in [0.29, 0.717) is 32.7 Å². The highest BCUT2D eigenvalue weighted by Gasteiger charge is 2.30. The van der Waals surface area contributed by atoms with E-state index in [2.05, 4.69) is 23.8 Å². The third kappa shape index (κ3) is 5.32. The molecule has 0 bridgehead atoms. The molecule has 0 aromatic heterocycles. The summed E-state index contributed by atoms with van der Waals surface area (Å²) >= 11 is 0. The first-order chi connectivity index (χ1) is 10.1. The largest absolute Gasteiger partial charge is 0.355 e. The average molecular weight is 294 g/mol. The van der Waals surface area contributed by atoms with Gasteiger partial charge in [-0.15, -0.1) is 13.2 Å². The molecule has 0 aliphatic carbocycles. The fraction of sp³-hybridized carbons (Fsp3) is 0.600. The Bertz CT molecular complexity index is 374. The molecule has 2 N–H and O–H groups in total. The maximum absolute atomic E-state index is 12.4. The number of rotatable bonds is 8. The quantitative estimate of drug-likeness (QED) is 0.598. The molecule has 6 nitrogen and oxygen atoms in total. The number of hydrogen-bond donors (Lipinski definition) is 2. The van der Waals surface area contributed by atoms with Gasteiger partial charge in [0.2, 0.25) is 11.8 Å². The second-order valence-electron chi connectivity index (χ2n) is 4.96. The molecule has 0 aromatic rings. The van der Waals surface area contributed by atoms with Gasteiger partial charge in [-0.05, 0) is 6.92 Å². The van der Waals surface area contributed by atoms with Gasteiger partial charge in [-0.1, -0.05) is 12.2 Å². The lowest BCUT2D eigenvalue weighted by Gasteiger charge is -2.35. The zero-order valence-corrected chi connectivity index (χ0v) is 12.8. The van der Waals surface area contributed by atoms with E-state index in [4.69, 9.17) is 0 Å². The normalized spacial score (nSPS) is 18.8. The van der Waals surface area contributed by atoms with Crippen LogP contribution in [0.2, 0.25) is 0 Å². The Balaban J connectivity index is 2.67. The summed E-state index contributed by atoms with van der Waals surface area (Å²) in [6, 6.07) is -0.294. The third-order valence-corrected chi connectivity index (χ3v) is 3.40. The Labute approximate surface area is 126 Å². The van der Waals surface area contributed by atoms with E-state index in [1.807, 2.05) is 11.8 Å². The van der Waals surface area contributed by atoms with Crippen molar-refractivity contribution < 1.29 is 9.59 Å². The van der Waals surface area contributed by atoms with Crippen molar-refractivity contribution in [3.05, 3.63) is 25.3 Å². The first-order valence-corrected chi connectivity index (χ1v) is 7.36. The molecular weight excluding hydrogens is 268 g/mol. The van der Waals surface area contributed by atoms with Crippen LogP contribution in [0.5, 0.6) is 0 Å². The van der Waals surface area contributed by atoms with Crippen LogP contribution in [0.3, 0.4) is 0 Å². The number of nitrogens with zero attached hydrogens (tertiary/aromatic N) is 2. The lowest BCUT2D eigenvalue weighted by molar-refractivity contribution is -0.134. The topological polar surface area (TPSA) is 64.7 Å². The zero-order chi connectivity index (χ0) is 15.7. The molecule has 1 heterocycles. The molecule has 2 amide bonds. The molecule has 0 spiro atoms. The van der Waals surface area contributed by atoms with E-state index < -0.39 is 0 Å². The average Bonchev–Trinajstić information content (AvgIpc) is 2.47. The summed E-state index contributed by atoms with van der Waals surface area (Å²) in [4.78, 5) is 28.0. The van der Waals surface area contributed by atoms with Crippen LogP contribution >= 0.6 is 0 Å². The number of hydrogen-bond acceptors (Lipinski definition) is 4. The minimum absolute atomic E-state index is 0.00833. The van der Waals surface area contributed by atoms with E-state index in [-0.39, 0.29) is 24.4 Å². The summed E-state index contributed by atoms with van der Waals surface area (Å²) in [6.07, 6.45) is 3.39. The van der Waals surface area contributed by atoms with Crippen molar-refractivity contribution in [2.75, 3.05) is 45.8 Å². The Morgan fingerprint density at radius 3 is 2.62 bits per heavy atom. The fourth-order valence-electron chi connectivity index (χ4n) is 2.35. The number of likely N-dealkylation sites (N-methyl/N-ethyl adjacent to an activating group) is 1. The van der Waals surface area contributed by atoms with Crippen molar-refractivity contribution in [1.82, 2.24) is 20.4 Å². The minimum atomic E-state index is -0.294. The van der Waals surface area contributed by atoms with Gasteiger partial charge in [0.25, 0.3) is 0 Å². The van der Waals surface area contributed by atoms with E-state index in [1.54, 1.807) is 17.1 Å². The lowest BCUT2D eigenvalue weighted by Crippen LogP contribution is -2.59. The molecule has 1 atom stereocenters. The fourth-order valence-corrected chi connectivity index (χ4v) is 2.35. The van der Waals surface area contributed by atoms with Gasteiger partial charge in [-0.25, -0.2) is 0 Å². The first kappa shape index (κ1) is 17.4. The summed E-state index contributed by atoms with van der Waals surface area (Å²) < 4.78 is 0. The van der Waals surface area contributed by atoms with Crippen LogP contribution in [0.4, 0.5) is 0 Å². The van der Waals surface area contributed by atoms with Gasteiger partial charge in [0.1, 0.15) is 6.04 Å². The molecule has 21 heavy (non-hydrogen) atoms. The predicted molar refractivity (Wildman–Crippen MR) is 83.9 cm³/mol. The number of carbonyl (C=O) groups is 2. The summed E-state index contributed by atoms with van der Waals surface area (Å²) in [5.41, 5.74) is 0. The molecule has 118 valence electrons. The summed E-state index contributed by atoms with van der Waals surface area (Å²) in [5, 5.41) is 6.02. The number of piperazine rings is 1. The van der Waals surface area contributed by atoms with Gasteiger partial charge in [-0.2, -0.15) is 0 Å². The Morgan fingerprint density at radius 2 is 2.05 bits per heavy atom. The number of amides is 2. The molecule has 1 aliphatic rings. The monoisotopic (exact) mass is 294 g/mol. The Kier molecular flexibility index (Phi) is 7.71. The van der Waals surface area contributed by atoms with E-state index in [1.165, 1.54) is 0 Å². The van der Waals surface area contributed by atoms with E-state index >= 15 is 0 Å². The summed E-state index contributed by atoms with van der Waals surface area (Å²) in [7, 11) is 0. The highest BCUT2D eigenvalue weighted by molar-refractivity contribution is 5.84. The molecule has 0 radical (unpaired) electrons.